The Kier molecular flexibility index (Phi) is 7.40. The predicted molar refractivity (Wildman–Crippen MR) is 93.2 cm³/mol. The highest BCUT2D eigenvalue weighted by atomic mass is 79.9. The van der Waals surface area contributed by atoms with Crippen molar-refractivity contribution in [1.82, 2.24) is 4.72 Å². The standard InChI is InChI=1S/C13H18BrN3O4S.ClH/c14-10-5-6-13(12(7-10)17(18)19)22(20,21)16-11-4-2-1-3-9(11)8-15;/h5-7,9,11,16H,1-4,8,15H2;1H. The molecule has 1 aromatic carbocycles. The molecule has 0 radical (unpaired) electrons. The van der Waals surface area contributed by atoms with Crippen LogP contribution < -0.4 is 10.5 Å². The van der Waals surface area contributed by atoms with Crippen molar-refractivity contribution in [3.05, 3.63) is 32.8 Å². The summed E-state index contributed by atoms with van der Waals surface area (Å²) < 4.78 is 28.1. The van der Waals surface area contributed by atoms with Crippen LogP contribution in [0.2, 0.25) is 0 Å². The molecule has 0 amide bonds. The lowest BCUT2D eigenvalue weighted by Crippen LogP contribution is -2.44. The summed E-state index contributed by atoms with van der Waals surface area (Å²) in [6.07, 6.45) is 3.52. The second-order valence-electron chi connectivity index (χ2n) is 5.38. The van der Waals surface area contributed by atoms with Crippen LogP contribution in [0.1, 0.15) is 25.7 Å². The molecule has 10 heteroatoms. The van der Waals surface area contributed by atoms with Gasteiger partial charge in [0, 0.05) is 16.6 Å². The number of benzene rings is 1. The molecule has 0 saturated heterocycles. The number of rotatable bonds is 5. The first-order valence-corrected chi connectivity index (χ1v) is 9.29. The molecule has 3 N–H and O–H groups in total. The van der Waals surface area contributed by atoms with Crippen LogP contribution in [-0.4, -0.2) is 25.9 Å². The van der Waals surface area contributed by atoms with Gasteiger partial charge in [0.2, 0.25) is 10.0 Å². The Balaban J connectivity index is 0.00000264. The first-order valence-electron chi connectivity index (χ1n) is 7.01. The number of nitrogens with zero attached hydrogens (tertiary/aromatic N) is 1. The van der Waals surface area contributed by atoms with Crippen molar-refractivity contribution in [2.45, 2.75) is 36.6 Å². The van der Waals surface area contributed by atoms with E-state index in [1.54, 1.807) is 0 Å². The summed E-state index contributed by atoms with van der Waals surface area (Å²) in [5.74, 6) is 0.0676. The summed E-state index contributed by atoms with van der Waals surface area (Å²) in [5.41, 5.74) is 5.26. The van der Waals surface area contributed by atoms with Gasteiger partial charge in [-0.3, -0.25) is 10.1 Å². The number of nitro groups is 1. The lowest BCUT2D eigenvalue weighted by atomic mass is 9.85. The van der Waals surface area contributed by atoms with Gasteiger partial charge in [-0.2, -0.15) is 0 Å². The molecular weight excluding hydrogens is 410 g/mol. The third kappa shape index (κ3) is 4.87. The normalized spacial score (nSPS) is 21.5. The van der Waals surface area contributed by atoms with Crippen LogP contribution in [0.25, 0.3) is 0 Å². The van der Waals surface area contributed by atoms with Gasteiger partial charge in [-0.05, 0) is 37.4 Å². The van der Waals surface area contributed by atoms with Crippen LogP contribution in [0, 0.1) is 16.0 Å². The average Bonchev–Trinajstić information content (AvgIpc) is 2.47. The van der Waals surface area contributed by atoms with E-state index in [2.05, 4.69) is 20.7 Å². The third-order valence-electron chi connectivity index (χ3n) is 3.93. The molecule has 2 rings (SSSR count). The molecule has 0 aliphatic heterocycles. The van der Waals surface area contributed by atoms with E-state index in [1.165, 1.54) is 18.2 Å². The van der Waals surface area contributed by atoms with Crippen LogP contribution in [0.5, 0.6) is 0 Å². The van der Waals surface area contributed by atoms with Gasteiger partial charge in [-0.15, -0.1) is 12.4 Å². The summed E-state index contributed by atoms with van der Waals surface area (Å²) >= 11 is 3.11. The molecule has 1 aliphatic rings. The Bertz CT molecular complexity index is 671. The molecule has 0 bridgehead atoms. The fourth-order valence-corrected chi connectivity index (χ4v) is 4.61. The minimum Gasteiger partial charge on any atom is -0.330 e. The van der Waals surface area contributed by atoms with Gasteiger partial charge in [0.1, 0.15) is 0 Å². The molecular formula is C13H19BrClN3O4S. The molecule has 2 unspecified atom stereocenters. The van der Waals surface area contributed by atoms with Crippen molar-refractivity contribution < 1.29 is 13.3 Å². The quantitative estimate of drug-likeness (QED) is 0.552. The first kappa shape index (κ1) is 20.3. The van der Waals surface area contributed by atoms with E-state index in [-0.39, 0.29) is 29.3 Å². The minimum absolute atomic E-state index is 0. The zero-order chi connectivity index (χ0) is 16.3. The number of hydrogen-bond donors (Lipinski definition) is 2. The number of sulfonamides is 1. The van der Waals surface area contributed by atoms with Crippen molar-refractivity contribution >= 4 is 44.0 Å². The largest absolute Gasteiger partial charge is 0.330 e. The predicted octanol–water partition coefficient (Wildman–Crippen LogP) is 2.57. The lowest BCUT2D eigenvalue weighted by molar-refractivity contribution is -0.387. The zero-order valence-corrected chi connectivity index (χ0v) is 15.5. The summed E-state index contributed by atoms with van der Waals surface area (Å²) in [5, 5.41) is 11.1. The molecule has 7 nitrogen and oxygen atoms in total. The van der Waals surface area contributed by atoms with E-state index < -0.39 is 20.6 Å². The van der Waals surface area contributed by atoms with Gasteiger partial charge in [0.15, 0.2) is 4.90 Å². The number of nitrogens with one attached hydrogen (secondary N) is 1. The fraction of sp³-hybridized carbons (Fsp3) is 0.538. The lowest BCUT2D eigenvalue weighted by Gasteiger charge is -2.30. The van der Waals surface area contributed by atoms with Crippen LogP contribution in [0.15, 0.2) is 27.6 Å². The maximum Gasteiger partial charge on any atom is 0.290 e. The zero-order valence-electron chi connectivity index (χ0n) is 12.3. The molecule has 0 heterocycles. The van der Waals surface area contributed by atoms with Crippen molar-refractivity contribution in [2.75, 3.05) is 6.54 Å². The third-order valence-corrected chi connectivity index (χ3v) is 5.96. The second kappa shape index (κ2) is 8.39. The Labute approximate surface area is 149 Å². The Hall–Kier alpha value is -0.740. The molecule has 130 valence electrons. The van der Waals surface area contributed by atoms with Crippen LogP contribution in [0.4, 0.5) is 5.69 Å². The summed E-state index contributed by atoms with van der Waals surface area (Å²) in [6.45, 7) is 0.398. The van der Waals surface area contributed by atoms with E-state index in [0.29, 0.717) is 17.4 Å². The van der Waals surface area contributed by atoms with E-state index >= 15 is 0 Å². The van der Waals surface area contributed by atoms with Gasteiger partial charge in [-0.25, -0.2) is 13.1 Å². The molecule has 0 spiro atoms. The van der Waals surface area contributed by atoms with E-state index in [0.717, 1.165) is 19.3 Å². The van der Waals surface area contributed by atoms with Gasteiger partial charge >= 0.3 is 0 Å². The number of hydrogen-bond acceptors (Lipinski definition) is 5. The van der Waals surface area contributed by atoms with Crippen LogP contribution >= 0.6 is 28.3 Å². The molecule has 1 fully saturated rings. The molecule has 23 heavy (non-hydrogen) atoms. The molecule has 1 saturated carbocycles. The first-order chi connectivity index (χ1) is 10.3. The van der Waals surface area contributed by atoms with Gasteiger partial charge in [-0.1, -0.05) is 28.8 Å². The Morgan fingerprint density at radius 2 is 2.00 bits per heavy atom. The molecule has 2 atom stereocenters. The number of halogens is 2. The highest BCUT2D eigenvalue weighted by Crippen LogP contribution is 2.30. The highest BCUT2D eigenvalue weighted by molar-refractivity contribution is 9.10. The topological polar surface area (TPSA) is 115 Å². The van der Waals surface area contributed by atoms with E-state index in [4.69, 9.17) is 5.73 Å². The second-order valence-corrected chi connectivity index (χ2v) is 7.98. The summed E-state index contributed by atoms with van der Waals surface area (Å²) in [6, 6.07) is 3.63. The smallest absolute Gasteiger partial charge is 0.290 e. The van der Waals surface area contributed by atoms with Crippen LogP contribution in [-0.2, 0) is 10.0 Å². The maximum absolute atomic E-state index is 12.5. The maximum atomic E-state index is 12.5. The number of nitrogens with two attached hydrogens (primary N) is 1. The van der Waals surface area contributed by atoms with Gasteiger partial charge < -0.3 is 5.73 Å². The fourth-order valence-electron chi connectivity index (χ4n) is 2.77. The summed E-state index contributed by atoms with van der Waals surface area (Å²) in [4.78, 5) is 10.1. The van der Waals surface area contributed by atoms with Gasteiger partial charge in [0.05, 0.1) is 4.92 Å². The highest BCUT2D eigenvalue weighted by Gasteiger charge is 2.32. The van der Waals surface area contributed by atoms with Crippen molar-refractivity contribution in [2.24, 2.45) is 11.7 Å². The van der Waals surface area contributed by atoms with Crippen LogP contribution in [0.3, 0.4) is 0 Å². The SMILES string of the molecule is Cl.NCC1CCCCC1NS(=O)(=O)c1ccc(Br)cc1[N+](=O)[O-]. The minimum atomic E-state index is -3.96. The Morgan fingerprint density at radius 3 is 2.61 bits per heavy atom. The molecule has 0 aromatic heterocycles. The average molecular weight is 429 g/mol. The molecule has 1 aromatic rings. The van der Waals surface area contributed by atoms with Crippen molar-refractivity contribution in [3.8, 4) is 0 Å². The van der Waals surface area contributed by atoms with E-state index in [1.807, 2.05) is 0 Å². The van der Waals surface area contributed by atoms with Crippen molar-refractivity contribution in [3.63, 3.8) is 0 Å². The Morgan fingerprint density at radius 1 is 1.35 bits per heavy atom. The van der Waals surface area contributed by atoms with E-state index in [9.17, 15) is 18.5 Å². The van der Waals surface area contributed by atoms with Crippen molar-refractivity contribution in [1.29, 1.82) is 0 Å². The van der Waals surface area contributed by atoms with Gasteiger partial charge in [0.25, 0.3) is 5.69 Å². The molecule has 1 aliphatic carbocycles. The monoisotopic (exact) mass is 427 g/mol. The summed E-state index contributed by atoms with van der Waals surface area (Å²) in [7, 11) is -3.96. The number of nitro benzene ring substituents is 1.